The van der Waals surface area contributed by atoms with Crippen molar-refractivity contribution in [2.24, 2.45) is 11.3 Å². The number of ketones is 1. The topological polar surface area (TPSA) is 35.5 Å². The Hall–Kier alpha value is -0.410. The molecule has 1 saturated carbocycles. The number of rotatable bonds is 0. The standard InChI is InChI=1S/C12H20O3/c1-9-6-12(5-4-10(9)13)14-7-11(2,3)8-15-12/h9H,4-8H2,1-3H3. The van der Waals surface area contributed by atoms with E-state index >= 15 is 0 Å². The molecule has 15 heavy (non-hydrogen) atoms. The Labute approximate surface area is 91.1 Å². The molecule has 0 N–H and O–H groups in total. The minimum Gasteiger partial charge on any atom is -0.349 e. The third-order valence-electron chi connectivity index (χ3n) is 3.37. The van der Waals surface area contributed by atoms with Crippen LogP contribution in [-0.4, -0.2) is 24.8 Å². The van der Waals surface area contributed by atoms with Crippen molar-refractivity contribution >= 4 is 5.78 Å². The Balaban J connectivity index is 2.01. The van der Waals surface area contributed by atoms with Gasteiger partial charge in [-0.2, -0.15) is 0 Å². The monoisotopic (exact) mass is 212 g/mol. The van der Waals surface area contributed by atoms with Gasteiger partial charge in [0.25, 0.3) is 0 Å². The Morgan fingerprint density at radius 3 is 2.40 bits per heavy atom. The van der Waals surface area contributed by atoms with Gasteiger partial charge in [0.1, 0.15) is 5.78 Å². The molecule has 1 aliphatic heterocycles. The summed E-state index contributed by atoms with van der Waals surface area (Å²) in [7, 11) is 0. The molecular weight excluding hydrogens is 192 g/mol. The lowest BCUT2D eigenvalue weighted by Crippen LogP contribution is -2.51. The van der Waals surface area contributed by atoms with Crippen LogP contribution in [0.3, 0.4) is 0 Å². The van der Waals surface area contributed by atoms with E-state index < -0.39 is 5.79 Å². The van der Waals surface area contributed by atoms with E-state index in [4.69, 9.17) is 9.47 Å². The van der Waals surface area contributed by atoms with Gasteiger partial charge in [-0.1, -0.05) is 20.8 Å². The van der Waals surface area contributed by atoms with E-state index in [1.54, 1.807) is 0 Å². The lowest BCUT2D eigenvalue weighted by Gasteiger charge is -2.46. The van der Waals surface area contributed by atoms with Gasteiger partial charge in [-0.15, -0.1) is 0 Å². The van der Waals surface area contributed by atoms with Crippen LogP contribution < -0.4 is 0 Å². The van der Waals surface area contributed by atoms with Gasteiger partial charge in [0.05, 0.1) is 13.2 Å². The van der Waals surface area contributed by atoms with Crippen molar-refractivity contribution in [1.29, 1.82) is 0 Å². The highest BCUT2D eigenvalue weighted by Crippen LogP contribution is 2.39. The average Bonchev–Trinajstić information content (AvgIpc) is 2.18. The van der Waals surface area contributed by atoms with Crippen LogP contribution in [0.25, 0.3) is 0 Å². The van der Waals surface area contributed by atoms with Gasteiger partial charge in [-0.05, 0) is 0 Å². The van der Waals surface area contributed by atoms with E-state index in [1.807, 2.05) is 6.92 Å². The molecule has 0 aromatic carbocycles. The van der Waals surface area contributed by atoms with Gasteiger partial charge < -0.3 is 9.47 Å². The maximum absolute atomic E-state index is 11.4. The highest BCUT2D eigenvalue weighted by molar-refractivity contribution is 5.81. The predicted molar refractivity (Wildman–Crippen MR) is 56.4 cm³/mol. The van der Waals surface area contributed by atoms with Gasteiger partial charge in [-0.3, -0.25) is 4.79 Å². The summed E-state index contributed by atoms with van der Waals surface area (Å²) in [5.41, 5.74) is 0.107. The zero-order valence-corrected chi connectivity index (χ0v) is 9.84. The molecule has 0 amide bonds. The van der Waals surface area contributed by atoms with Crippen LogP contribution >= 0.6 is 0 Å². The normalized spacial score (nSPS) is 34.3. The summed E-state index contributed by atoms with van der Waals surface area (Å²) in [4.78, 5) is 11.4. The lowest BCUT2D eigenvalue weighted by atomic mass is 9.83. The molecular formula is C12H20O3. The second-order valence-electron chi connectivity index (χ2n) is 5.72. The summed E-state index contributed by atoms with van der Waals surface area (Å²) in [6.45, 7) is 7.70. The van der Waals surface area contributed by atoms with E-state index in [2.05, 4.69) is 13.8 Å². The average molecular weight is 212 g/mol. The number of ether oxygens (including phenoxy) is 2. The Bertz CT molecular complexity index is 260. The van der Waals surface area contributed by atoms with Crippen LogP contribution in [0.4, 0.5) is 0 Å². The smallest absolute Gasteiger partial charge is 0.169 e. The maximum atomic E-state index is 11.4. The number of carbonyl (C=O) groups is 1. The van der Waals surface area contributed by atoms with Crippen LogP contribution in [0.1, 0.15) is 40.0 Å². The van der Waals surface area contributed by atoms with Gasteiger partial charge in [0, 0.05) is 30.6 Å². The van der Waals surface area contributed by atoms with Crippen LogP contribution in [0.15, 0.2) is 0 Å². The number of hydrogen-bond donors (Lipinski definition) is 0. The molecule has 3 heteroatoms. The quantitative estimate of drug-likeness (QED) is 0.617. The Kier molecular flexibility index (Phi) is 2.63. The minimum absolute atomic E-state index is 0.0833. The van der Waals surface area contributed by atoms with Gasteiger partial charge in [0.15, 0.2) is 5.79 Å². The minimum atomic E-state index is -0.456. The van der Waals surface area contributed by atoms with Gasteiger partial charge >= 0.3 is 0 Å². The van der Waals surface area contributed by atoms with Crippen molar-refractivity contribution in [1.82, 2.24) is 0 Å². The lowest BCUT2D eigenvalue weighted by molar-refractivity contribution is -0.310. The van der Waals surface area contributed by atoms with Crippen molar-refractivity contribution in [3.8, 4) is 0 Å². The molecule has 1 spiro atoms. The first kappa shape index (κ1) is 11.1. The van der Waals surface area contributed by atoms with E-state index in [-0.39, 0.29) is 11.3 Å². The van der Waals surface area contributed by atoms with Crippen molar-refractivity contribution in [3.63, 3.8) is 0 Å². The second kappa shape index (κ2) is 3.56. The molecule has 86 valence electrons. The van der Waals surface area contributed by atoms with Crippen LogP contribution in [0.2, 0.25) is 0 Å². The molecule has 1 heterocycles. The van der Waals surface area contributed by atoms with Crippen molar-refractivity contribution in [3.05, 3.63) is 0 Å². The van der Waals surface area contributed by atoms with Crippen molar-refractivity contribution < 1.29 is 14.3 Å². The SMILES string of the molecule is CC1CC2(CCC1=O)OCC(C)(C)CO2. The molecule has 2 aliphatic rings. The van der Waals surface area contributed by atoms with Gasteiger partial charge in [-0.25, -0.2) is 0 Å². The molecule has 2 rings (SSSR count). The number of carbonyl (C=O) groups excluding carboxylic acids is 1. The third kappa shape index (κ3) is 2.23. The Morgan fingerprint density at radius 1 is 1.27 bits per heavy atom. The first-order valence-corrected chi connectivity index (χ1v) is 5.73. The maximum Gasteiger partial charge on any atom is 0.169 e. The van der Waals surface area contributed by atoms with Crippen LogP contribution in [-0.2, 0) is 14.3 Å². The molecule has 1 aliphatic carbocycles. The van der Waals surface area contributed by atoms with E-state index in [1.165, 1.54) is 0 Å². The molecule has 2 fully saturated rings. The molecule has 1 saturated heterocycles. The van der Waals surface area contributed by atoms with E-state index in [9.17, 15) is 4.79 Å². The summed E-state index contributed by atoms with van der Waals surface area (Å²) >= 11 is 0. The summed E-state index contributed by atoms with van der Waals surface area (Å²) in [5.74, 6) is -0.0272. The summed E-state index contributed by atoms with van der Waals surface area (Å²) < 4.78 is 11.7. The molecule has 0 aromatic rings. The van der Waals surface area contributed by atoms with E-state index in [0.29, 0.717) is 12.2 Å². The first-order chi connectivity index (χ1) is 6.93. The number of Topliss-reactive ketones (excluding diaryl/α,β-unsaturated/α-hetero) is 1. The van der Waals surface area contributed by atoms with Crippen molar-refractivity contribution in [2.45, 2.75) is 45.8 Å². The highest BCUT2D eigenvalue weighted by Gasteiger charge is 2.45. The fourth-order valence-electron chi connectivity index (χ4n) is 2.24. The van der Waals surface area contributed by atoms with Crippen molar-refractivity contribution in [2.75, 3.05) is 13.2 Å². The third-order valence-corrected chi connectivity index (χ3v) is 3.37. The van der Waals surface area contributed by atoms with Crippen LogP contribution in [0.5, 0.6) is 0 Å². The summed E-state index contributed by atoms with van der Waals surface area (Å²) in [6.07, 6.45) is 2.05. The molecule has 1 atom stereocenters. The molecule has 3 nitrogen and oxygen atoms in total. The Morgan fingerprint density at radius 2 is 1.87 bits per heavy atom. The molecule has 0 aromatic heterocycles. The second-order valence-corrected chi connectivity index (χ2v) is 5.72. The zero-order valence-electron chi connectivity index (χ0n) is 9.84. The fraction of sp³-hybridized carbons (Fsp3) is 0.917. The first-order valence-electron chi connectivity index (χ1n) is 5.73. The molecule has 1 unspecified atom stereocenters. The summed E-state index contributed by atoms with van der Waals surface area (Å²) in [6, 6.07) is 0. The fourth-order valence-corrected chi connectivity index (χ4v) is 2.24. The summed E-state index contributed by atoms with van der Waals surface area (Å²) in [5, 5.41) is 0. The van der Waals surface area contributed by atoms with E-state index in [0.717, 1.165) is 26.1 Å². The molecule has 0 bridgehead atoms. The predicted octanol–water partition coefficient (Wildman–Crippen LogP) is 2.14. The van der Waals surface area contributed by atoms with Crippen LogP contribution in [0, 0.1) is 11.3 Å². The molecule has 0 radical (unpaired) electrons. The van der Waals surface area contributed by atoms with Gasteiger partial charge in [0.2, 0.25) is 0 Å². The highest BCUT2D eigenvalue weighted by atomic mass is 16.7. The number of hydrogen-bond acceptors (Lipinski definition) is 3. The zero-order chi connectivity index (χ0) is 11.1. The largest absolute Gasteiger partial charge is 0.349 e.